The molecule has 0 aliphatic carbocycles. The van der Waals surface area contributed by atoms with E-state index in [2.05, 4.69) is 34.2 Å². The number of benzene rings is 4. The van der Waals surface area contributed by atoms with Crippen LogP contribution in [0.25, 0.3) is 56.1 Å². The Kier molecular flexibility index (Phi) is 5.49. The fourth-order valence-electron chi connectivity index (χ4n) is 4.14. The summed E-state index contributed by atoms with van der Waals surface area (Å²) in [5, 5.41) is 1.20. The van der Waals surface area contributed by atoms with Gasteiger partial charge in [-0.05, 0) is 23.7 Å². The molecule has 5 heteroatoms. The van der Waals surface area contributed by atoms with E-state index < -0.39 is 0 Å². The third kappa shape index (κ3) is 4.27. The lowest BCUT2D eigenvalue weighted by atomic mass is 10.0. The van der Waals surface area contributed by atoms with Crippen LogP contribution in [-0.4, -0.2) is 19.9 Å². The van der Waals surface area contributed by atoms with E-state index in [-0.39, 0.29) is 5.28 Å². The molecule has 0 aliphatic rings. The zero-order valence-corrected chi connectivity index (χ0v) is 19.4. The van der Waals surface area contributed by atoms with Crippen molar-refractivity contribution in [1.29, 1.82) is 0 Å². The second-order valence-electron chi connectivity index (χ2n) is 8.13. The van der Waals surface area contributed by atoms with Crippen molar-refractivity contribution in [3.8, 4) is 45.2 Å². The molecule has 0 saturated heterocycles. The molecule has 2 heterocycles. The van der Waals surface area contributed by atoms with Crippen molar-refractivity contribution in [3.05, 3.63) is 121 Å². The third-order valence-electron chi connectivity index (χ3n) is 5.86. The van der Waals surface area contributed by atoms with Crippen LogP contribution in [0.15, 0.2) is 115 Å². The first-order valence-corrected chi connectivity index (χ1v) is 11.7. The summed E-state index contributed by atoms with van der Waals surface area (Å²) < 4.78 is 0. The predicted octanol–water partition coefficient (Wildman–Crippen LogP) is 7.74. The molecule has 2 aromatic heterocycles. The minimum atomic E-state index is 0.235. The summed E-state index contributed by atoms with van der Waals surface area (Å²) in [5.74, 6) is 0.694. The molecule has 0 unspecified atom stereocenters. The van der Waals surface area contributed by atoms with Gasteiger partial charge >= 0.3 is 0 Å². The lowest BCUT2D eigenvalue weighted by Crippen LogP contribution is -1.96. The molecular formula is C30H19ClN4. The van der Waals surface area contributed by atoms with Crippen LogP contribution in [0.5, 0.6) is 0 Å². The Bertz CT molecular complexity index is 1580. The normalized spacial score (nSPS) is 11.0. The number of rotatable bonds is 4. The first kappa shape index (κ1) is 21.1. The first-order valence-electron chi connectivity index (χ1n) is 11.3. The number of nitrogens with zero attached hydrogens (tertiary/aromatic N) is 4. The lowest BCUT2D eigenvalue weighted by Gasteiger charge is -2.10. The highest BCUT2D eigenvalue weighted by Crippen LogP contribution is 2.31. The number of halogens is 1. The van der Waals surface area contributed by atoms with Crippen LogP contribution >= 0.6 is 11.6 Å². The summed E-state index contributed by atoms with van der Waals surface area (Å²) in [7, 11) is 0. The van der Waals surface area contributed by atoms with E-state index in [1.807, 2.05) is 91.0 Å². The van der Waals surface area contributed by atoms with Gasteiger partial charge in [-0.15, -0.1) is 0 Å². The molecule has 6 rings (SSSR count). The van der Waals surface area contributed by atoms with Gasteiger partial charge in [-0.25, -0.2) is 19.9 Å². The Balaban J connectivity index is 1.46. The Labute approximate surface area is 208 Å². The molecule has 0 radical (unpaired) electrons. The molecule has 0 aliphatic heterocycles. The maximum absolute atomic E-state index is 6.21. The van der Waals surface area contributed by atoms with Gasteiger partial charge in [-0.1, -0.05) is 103 Å². The molecule has 0 atom stereocenters. The molecular weight excluding hydrogens is 452 g/mol. The Morgan fingerprint density at radius 2 is 1.00 bits per heavy atom. The molecule has 6 aromatic rings. The lowest BCUT2D eigenvalue weighted by molar-refractivity contribution is 1.18. The maximum atomic E-state index is 6.21. The summed E-state index contributed by atoms with van der Waals surface area (Å²) in [6, 6.07) is 38.4. The molecule has 0 bridgehead atoms. The largest absolute Gasteiger partial charge is 0.228 e. The second kappa shape index (κ2) is 9.09. The van der Waals surface area contributed by atoms with Gasteiger partial charge in [0.05, 0.1) is 22.6 Å². The van der Waals surface area contributed by atoms with Gasteiger partial charge in [0.2, 0.25) is 5.28 Å². The highest BCUT2D eigenvalue weighted by atomic mass is 35.5. The molecule has 35 heavy (non-hydrogen) atoms. The van der Waals surface area contributed by atoms with Crippen molar-refractivity contribution in [1.82, 2.24) is 19.9 Å². The Morgan fingerprint density at radius 3 is 1.69 bits per heavy atom. The number of aromatic nitrogens is 4. The standard InChI is InChI=1S/C30H19ClN4/c31-30-34-25-14-8-7-13-24(25)28(35-30)22-17-15-21(16-18-22)27-19-26(20-9-3-1-4-10-20)32-29(33-27)23-11-5-2-6-12-23/h1-19H. The zero-order valence-electron chi connectivity index (χ0n) is 18.6. The summed E-state index contributed by atoms with van der Waals surface area (Å²) in [5.41, 5.74) is 7.36. The van der Waals surface area contributed by atoms with E-state index in [4.69, 9.17) is 21.6 Å². The van der Waals surface area contributed by atoms with Crippen molar-refractivity contribution >= 4 is 22.5 Å². The first-order chi connectivity index (χ1) is 17.2. The van der Waals surface area contributed by atoms with Crippen LogP contribution in [-0.2, 0) is 0 Å². The molecule has 4 aromatic carbocycles. The second-order valence-corrected chi connectivity index (χ2v) is 8.47. The average molecular weight is 471 g/mol. The number of para-hydroxylation sites is 1. The van der Waals surface area contributed by atoms with Crippen molar-refractivity contribution < 1.29 is 0 Å². The van der Waals surface area contributed by atoms with E-state index in [1.165, 1.54) is 0 Å². The van der Waals surface area contributed by atoms with Crippen LogP contribution < -0.4 is 0 Å². The van der Waals surface area contributed by atoms with Crippen molar-refractivity contribution in [3.63, 3.8) is 0 Å². The van der Waals surface area contributed by atoms with E-state index in [0.29, 0.717) is 5.82 Å². The Hall–Kier alpha value is -4.41. The third-order valence-corrected chi connectivity index (χ3v) is 6.03. The van der Waals surface area contributed by atoms with Gasteiger partial charge < -0.3 is 0 Å². The van der Waals surface area contributed by atoms with Crippen LogP contribution in [0.1, 0.15) is 0 Å². The highest BCUT2D eigenvalue weighted by Gasteiger charge is 2.12. The summed E-state index contributed by atoms with van der Waals surface area (Å²) in [6.07, 6.45) is 0. The highest BCUT2D eigenvalue weighted by molar-refractivity contribution is 6.28. The summed E-state index contributed by atoms with van der Waals surface area (Å²) in [6.45, 7) is 0. The monoisotopic (exact) mass is 470 g/mol. The molecule has 0 fully saturated rings. The van der Waals surface area contributed by atoms with Crippen molar-refractivity contribution in [2.24, 2.45) is 0 Å². The number of hydrogen-bond acceptors (Lipinski definition) is 4. The average Bonchev–Trinajstić information content (AvgIpc) is 2.93. The molecule has 0 amide bonds. The smallest absolute Gasteiger partial charge is 0.223 e. The van der Waals surface area contributed by atoms with Crippen LogP contribution in [0, 0.1) is 0 Å². The summed E-state index contributed by atoms with van der Waals surface area (Å²) in [4.78, 5) is 18.6. The van der Waals surface area contributed by atoms with E-state index in [9.17, 15) is 0 Å². The van der Waals surface area contributed by atoms with Gasteiger partial charge in [-0.3, -0.25) is 0 Å². The molecule has 0 saturated carbocycles. The predicted molar refractivity (Wildman–Crippen MR) is 142 cm³/mol. The molecule has 4 nitrogen and oxygen atoms in total. The fraction of sp³-hybridized carbons (Fsp3) is 0. The van der Waals surface area contributed by atoms with Gasteiger partial charge in [0.25, 0.3) is 0 Å². The molecule has 0 N–H and O–H groups in total. The van der Waals surface area contributed by atoms with Gasteiger partial charge in [-0.2, -0.15) is 0 Å². The quantitative estimate of drug-likeness (QED) is 0.247. The number of fused-ring (bicyclic) bond motifs is 1. The van der Waals surface area contributed by atoms with Crippen molar-refractivity contribution in [2.75, 3.05) is 0 Å². The van der Waals surface area contributed by atoms with Crippen LogP contribution in [0.2, 0.25) is 5.28 Å². The van der Waals surface area contributed by atoms with Crippen molar-refractivity contribution in [2.45, 2.75) is 0 Å². The van der Waals surface area contributed by atoms with Gasteiger partial charge in [0.1, 0.15) is 0 Å². The number of hydrogen-bond donors (Lipinski definition) is 0. The SMILES string of the molecule is Clc1nc(-c2ccc(-c3cc(-c4ccccc4)nc(-c4ccccc4)n3)cc2)c2ccccc2n1. The minimum Gasteiger partial charge on any atom is -0.228 e. The van der Waals surface area contributed by atoms with Gasteiger partial charge in [0, 0.05) is 27.6 Å². The minimum absolute atomic E-state index is 0.235. The summed E-state index contributed by atoms with van der Waals surface area (Å²) >= 11 is 6.21. The maximum Gasteiger partial charge on any atom is 0.223 e. The van der Waals surface area contributed by atoms with Crippen LogP contribution in [0.3, 0.4) is 0 Å². The van der Waals surface area contributed by atoms with Gasteiger partial charge in [0.15, 0.2) is 5.82 Å². The molecule has 166 valence electrons. The topological polar surface area (TPSA) is 51.6 Å². The van der Waals surface area contributed by atoms with E-state index in [0.717, 1.165) is 50.2 Å². The zero-order chi connectivity index (χ0) is 23.6. The molecule has 0 spiro atoms. The van der Waals surface area contributed by atoms with E-state index >= 15 is 0 Å². The fourth-order valence-corrected chi connectivity index (χ4v) is 4.31. The van der Waals surface area contributed by atoms with Crippen LogP contribution in [0.4, 0.5) is 0 Å². The Morgan fingerprint density at radius 1 is 0.457 bits per heavy atom. The van der Waals surface area contributed by atoms with E-state index in [1.54, 1.807) is 0 Å².